The molecule has 3 fully saturated rings. The van der Waals surface area contributed by atoms with Crippen molar-refractivity contribution in [3.63, 3.8) is 0 Å². The van der Waals surface area contributed by atoms with Gasteiger partial charge in [0.1, 0.15) is 0 Å². The van der Waals surface area contributed by atoms with Crippen molar-refractivity contribution in [1.29, 1.82) is 0 Å². The maximum absolute atomic E-state index is 5.73. The second-order valence-corrected chi connectivity index (χ2v) is 2.91. The lowest BCUT2D eigenvalue weighted by Crippen LogP contribution is -2.41. The van der Waals surface area contributed by atoms with E-state index in [0.29, 0.717) is 6.04 Å². The molecule has 0 spiro atoms. The summed E-state index contributed by atoms with van der Waals surface area (Å²) in [5.41, 5.74) is 5.73. The fourth-order valence-electron chi connectivity index (χ4n) is 1.94. The van der Waals surface area contributed by atoms with Crippen LogP contribution in [-0.2, 0) is 0 Å². The molecule has 0 amide bonds. The molecule has 0 radical (unpaired) electrons. The smallest absolute Gasteiger partial charge is 0.00958 e. The Morgan fingerprint density at radius 2 is 1.71 bits per heavy atom. The molecule has 40 valence electrons. The SMILES string of the molecule is NC1C2CC[C@@H]1C2. The third-order valence-corrected chi connectivity index (χ3v) is 2.60. The van der Waals surface area contributed by atoms with Crippen LogP contribution in [0.1, 0.15) is 19.3 Å². The largest absolute Gasteiger partial charge is 0.327 e. The number of fused-ring (bicyclic) bond motifs is 1. The standard InChI is InChI=1S/C6H11N/c7-6-4-1-2-5(6)3-4/h4-6H,1-3,7H2/t4-,5?,6?/m1/s1. The summed E-state index contributed by atoms with van der Waals surface area (Å²) >= 11 is 0. The van der Waals surface area contributed by atoms with Crippen LogP contribution in [0.25, 0.3) is 0 Å². The summed E-state index contributed by atoms with van der Waals surface area (Å²) in [7, 11) is 0. The number of rotatable bonds is 0. The predicted octanol–water partition coefficient (Wildman–Crippen LogP) is 0.744. The van der Waals surface area contributed by atoms with E-state index in [0.717, 1.165) is 11.8 Å². The molecule has 0 aromatic carbocycles. The molecule has 0 saturated heterocycles. The third kappa shape index (κ3) is 0.325. The van der Waals surface area contributed by atoms with E-state index in [-0.39, 0.29) is 0 Å². The summed E-state index contributed by atoms with van der Waals surface area (Å²) in [6, 6.07) is 0.611. The zero-order chi connectivity index (χ0) is 4.85. The van der Waals surface area contributed by atoms with Gasteiger partial charge in [0.2, 0.25) is 0 Å². The van der Waals surface area contributed by atoms with Gasteiger partial charge in [0.05, 0.1) is 0 Å². The number of hydrogen-bond acceptors (Lipinski definition) is 1. The molecule has 3 saturated carbocycles. The summed E-state index contributed by atoms with van der Waals surface area (Å²) in [6.45, 7) is 0. The van der Waals surface area contributed by atoms with Crippen LogP contribution in [0.15, 0.2) is 0 Å². The first-order valence-electron chi connectivity index (χ1n) is 3.13. The van der Waals surface area contributed by atoms with Crippen LogP contribution in [0.2, 0.25) is 0 Å². The van der Waals surface area contributed by atoms with Gasteiger partial charge in [0, 0.05) is 6.04 Å². The van der Waals surface area contributed by atoms with Crippen LogP contribution >= 0.6 is 0 Å². The minimum atomic E-state index is 0.611. The van der Waals surface area contributed by atoms with Gasteiger partial charge in [0.15, 0.2) is 0 Å². The second kappa shape index (κ2) is 1.03. The van der Waals surface area contributed by atoms with Gasteiger partial charge in [-0.2, -0.15) is 0 Å². The molecule has 0 aromatic rings. The highest BCUT2D eigenvalue weighted by atomic mass is 14.8. The van der Waals surface area contributed by atoms with Gasteiger partial charge in [-0.3, -0.25) is 0 Å². The second-order valence-electron chi connectivity index (χ2n) is 2.91. The zero-order valence-electron chi connectivity index (χ0n) is 4.43. The molecule has 0 aromatic heterocycles. The van der Waals surface area contributed by atoms with Crippen LogP contribution in [0.3, 0.4) is 0 Å². The molecular weight excluding hydrogens is 86.1 g/mol. The maximum Gasteiger partial charge on any atom is 0.00958 e. The van der Waals surface area contributed by atoms with Crippen LogP contribution in [0.5, 0.6) is 0 Å². The van der Waals surface area contributed by atoms with Crippen molar-refractivity contribution in [2.45, 2.75) is 25.3 Å². The fourth-order valence-corrected chi connectivity index (χ4v) is 1.94. The van der Waals surface area contributed by atoms with Gasteiger partial charge in [-0.15, -0.1) is 0 Å². The molecule has 1 nitrogen and oxygen atoms in total. The topological polar surface area (TPSA) is 26.0 Å². The molecule has 0 heterocycles. The summed E-state index contributed by atoms with van der Waals surface area (Å²) in [6.07, 6.45) is 4.29. The van der Waals surface area contributed by atoms with Gasteiger partial charge in [-0.25, -0.2) is 0 Å². The Morgan fingerprint density at radius 1 is 1.14 bits per heavy atom. The summed E-state index contributed by atoms with van der Waals surface area (Å²) < 4.78 is 0. The average Bonchev–Trinajstić information content (AvgIpc) is 2.18. The highest BCUT2D eigenvalue weighted by Gasteiger charge is 2.43. The van der Waals surface area contributed by atoms with Crippen molar-refractivity contribution in [3.05, 3.63) is 0 Å². The first-order valence-corrected chi connectivity index (χ1v) is 3.13. The van der Waals surface area contributed by atoms with Gasteiger partial charge >= 0.3 is 0 Å². The molecule has 1 heteroatoms. The molecule has 2 N–H and O–H groups in total. The van der Waals surface area contributed by atoms with Crippen LogP contribution in [-0.4, -0.2) is 6.04 Å². The minimum absolute atomic E-state index is 0.611. The minimum Gasteiger partial charge on any atom is -0.327 e. The van der Waals surface area contributed by atoms with Crippen molar-refractivity contribution in [3.8, 4) is 0 Å². The molecular formula is C6H11N. The van der Waals surface area contributed by atoms with Crippen molar-refractivity contribution in [2.24, 2.45) is 17.6 Å². The van der Waals surface area contributed by atoms with Crippen LogP contribution in [0, 0.1) is 11.8 Å². The van der Waals surface area contributed by atoms with E-state index in [1.165, 1.54) is 19.3 Å². The molecule has 3 rings (SSSR count). The Balaban J connectivity index is 2.14. The van der Waals surface area contributed by atoms with Crippen LogP contribution < -0.4 is 5.73 Å². The molecule has 2 unspecified atom stereocenters. The van der Waals surface area contributed by atoms with E-state index in [2.05, 4.69) is 0 Å². The van der Waals surface area contributed by atoms with Gasteiger partial charge in [-0.1, -0.05) is 0 Å². The molecule has 3 aliphatic rings. The van der Waals surface area contributed by atoms with Crippen LogP contribution in [0.4, 0.5) is 0 Å². The Hall–Kier alpha value is -0.0400. The summed E-state index contributed by atoms with van der Waals surface area (Å²) in [4.78, 5) is 0. The molecule has 0 aliphatic heterocycles. The first-order chi connectivity index (χ1) is 3.38. The van der Waals surface area contributed by atoms with Gasteiger partial charge in [0.25, 0.3) is 0 Å². The molecule has 2 bridgehead atoms. The van der Waals surface area contributed by atoms with Crippen molar-refractivity contribution in [1.82, 2.24) is 0 Å². The Labute approximate surface area is 43.9 Å². The quantitative estimate of drug-likeness (QED) is 0.474. The Morgan fingerprint density at radius 3 is 1.86 bits per heavy atom. The van der Waals surface area contributed by atoms with Gasteiger partial charge in [-0.05, 0) is 31.1 Å². The molecule has 7 heavy (non-hydrogen) atoms. The van der Waals surface area contributed by atoms with Crippen molar-refractivity contribution >= 4 is 0 Å². The number of nitrogens with two attached hydrogens (primary N) is 1. The molecule has 3 aliphatic carbocycles. The van der Waals surface area contributed by atoms with E-state index < -0.39 is 0 Å². The summed E-state index contributed by atoms with van der Waals surface area (Å²) in [5, 5.41) is 0. The van der Waals surface area contributed by atoms with E-state index in [4.69, 9.17) is 5.73 Å². The lowest BCUT2D eigenvalue weighted by molar-refractivity contribution is 0.242. The Kier molecular flexibility index (Phi) is 0.571. The fraction of sp³-hybridized carbons (Fsp3) is 1.00. The normalized spacial score (nSPS) is 57.0. The predicted molar refractivity (Wildman–Crippen MR) is 28.8 cm³/mol. The van der Waals surface area contributed by atoms with E-state index >= 15 is 0 Å². The van der Waals surface area contributed by atoms with Crippen molar-refractivity contribution < 1.29 is 0 Å². The number of hydrogen-bond donors (Lipinski definition) is 1. The van der Waals surface area contributed by atoms with E-state index in [9.17, 15) is 0 Å². The monoisotopic (exact) mass is 97.1 g/mol. The lowest BCUT2D eigenvalue weighted by atomic mass is 9.79. The zero-order valence-corrected chi connectivity index (χ0v) is 4.43. The third-order valence-electron chi connectivity index (χ3n) is 2.60. The first kappa shape index (κ1) is 3.90. The maximum atomic E-state index is 5.73. The highest BCUT2D eigenvalue weighted by Crippen LogP contribution is 2.46. The van der Waals surface area contributed by atoms with Gasteiger partial charge < -0.3 is 5.73 Å². The highest BCUT2D eigenvalue weighted by molar-refractivity contribution is 4.98. The van der Waals surface area contributed by atoms with Crippen molar-refractivity contribution in [2.75, 3.05) is 0 Å². The van der Waals surface area contributed by atoms with E-state index in [1.54, 1.807) is 0 Å². The van der Waals surface area contributed by atoms with E-state index in [1.807, 2.05) is 0 Å². The molecule has 3 atom stereocenters. The average molecular weight is 97.2 g/mol. The summed E-state index contributed by atoms with van der Waals surface area (Å²) in [5.74, 6) is 1.87. The lowest BCUT2D eigenvalue weighted by Gasteiger charge is -2.31. The Bertz CT molecular complexity index is 76.2.